The van der Waals surface area contributed by atoms with Crippen molar-refractivity contribution < 1.29 is 23.7 Å². The van der Waals surface area contributed by atoms with Gasteiger partial charge in [-0.05, 0) is 35.4 Å². The van der Waals surface area contributed by atoms with Crippen molar-refractivity contribution in [2.45, 2.75) is 19.6 Å². The number of H-pyrrole nitrogens is 1. The van der Waals surface area contributed by atoms with E-state index >= 15 is 0 Å². The number of nitrogens with one attached hydrogen (secondary N) is 2. The van der Waals surface area contributed by atoms with Gasteiger partial charge in [0.05, 0.1) is 26.3 Å². The summed E-state index contributed by atoms with van der Waals surface area (Å²) in [6.45, 7) is 0.887. The molecule has 0 saturated heterocycles. The number of aromatic nitrogens is 1. The number of benzene rings is 3. The van der Waals surface area contributed by atoms with Crippen LogP contribution in [0.1, 0.15) is 16.7 Å². The standard InChI is InChI=1S/C28H27N3O6/c1-34-24-12-20-11-21(27(32)30-22(20)13-25(24)35-2)16-31(28(33)29-14-18-6-4-3-5-7-18)15-19-8-9-23-26(10-19)37-17-36-23/h3-13H,14-17H2,1-2H3,(H,29,33)(H,30,32). The van der Waals surface area contributed by atoms with Crippen LogP contribution in [0, 0.1) is 0 Å². The zero-order chi connectivity index (χ0) is 25.8. The van der Waals surface area contributed by atoms with Crippen LogP contribution in [0.25, 0.3) is 10.9 Å². The van der Waals surface area contributed by atoms with E-state index in [0.29, 0.717) is 40.6 Å². The molecule has 2 N–H and O–H groups in total. The molecule has 0 bridgehead atoms. The number of carbonyl (C=O) groups is 1. The van der Waals surface area contributed by atoms with Crippen molar-refractivity contribution in [1.29, 1.82) is 0 Å². The summed E-state index contributed by atoms with van der Waals surface area (Å²) in [7, 11) is 3.10. The van der Waals surface area contributed by atoms with Crippen molar-refractivity contribution in [3.8, 4) is 23.0 Å². The molecule has 0 atom stereocenters. The van der Waals surface area contributed by atoms with Crippen LogP contribution in [0.5, 0.6) is 23.0 Å². The first kappa shape index (κ1) is 24.1. The van der Waals surface area contributed by atoms with Gasteiger partial charge in [-0.2, -0.15) is 0 Å². The fourth-order valence-electron chi connectivity index (χ4n) is 4.25. The molecule has 0 saturated carbocycles. The van der Waals surface area contributed by atoms with E-state index in [4.69, 9.17) is 18.9 Å². The highest BCUT2D eigenvalue weighted by atomic mass is 16.7. The van der Waals surface area contributed by atoms with E-state index in [-0.39, 0.29) is 31.5 Å². The molecule has 2 heterocycles. The molecule has 0 radical (unpaired) electrons. The Morgan fingerprint density at radius 1 is 0.919 bits per heavy atom. The van der Waals surface area contributed by atoms with Crippen molar-refractivity contribution in [1.82, 2.24) is 15.2 Å². The summed E-state index contributed by atoms with van der Waals surface area (Å²) in [6.07, 6.45) is 0. The Morgan fingerprint density at radius 3 is 2.46 bits per heavy atom. The van der Waals surface area contributed by atoms with Crippen LogP contribution in [0.3, 0.4) is 0 Å². The van der Waals surface area contributed by atoms with Gasteiger partial charge in [-0.15, -0.1) is 0 Å². The Labute approximate surface area is 213 Å². The molecule has 0 fully saturated rings. The lowest BCUT2D eigenvalue weighted by atomic mass is 10.1. The highest BCUT2D eigenvalue weighted by molar-refractivity contribution is 5.83. The van der Waals surface area contributed by atoms with E-state index in [9.17, 15) is 9.59 Å². The van der Waals surface area contributed by atoms with E-state index in [0.717, 1.165) is 16.5 Å². The van der Waals surface area contributed by atoms with Gasteiger partial charge in [-0.1, -0.05) is 36.4 Å². The number of fused-ring (bicyclic) bond motifs is 2. The molecule has 1 aliphatic heterocycles. The number of amides is 2. The summed E-state index contributed by atoms with van der Waals surface area (Å²) < 4.78 is 21.6. The maximum Gasteiger partial charge on any atom is 0.318 e. The number of methoxy groups -OCH3 is 2. The van der Waals surface area contributed by atoms with E-state index in [1.807, 2.05) is 48.5 Å². The van der Waals surface area contributed by atoms with E-state index < -0.39 is 0 Å². The lowest BCUT2D eigenvalue weighted by molar-refractivity contribution is 0.173. The minimum absolute atomic E-state index is 0.0919. The number of ether oxygens (including phenoxy) is 4. The van der Waals surface area contributed by atoms with E-state index in [1.54, 1.807) is 30.2 Å². The van der Waals surface area contributed by atoms with E-state index in [2.05, 4.69) is 10.3 Å². The number of nitrogens with zero attached hydrogens (tertiary/aromatic N) is 1. The maximum atomic E-state index is 13.3. The second-order valence-corrected chi connectivity index (χ2v) is 8.61. The Bertz CT molecular complexity index is 1490. The number of aromatic amines is 1. The number of urea groups is 1. The molecular weight excluding hydrogens is 474 g/mol. The van der Waals surface area contributed by atoms with Crippen molar-refractivity contribution in [2.75, 3.05) is 21.0 Å². The molecule has 0 spiro atoms. The third kappa shape index (κ3) is 5.30. The molecular formula is C28H27N3O6. The van der Waals surface area contributed by atoms with Crippen molar-refractivity contribution in [3.63, 3.8) is 0 Å². The number of rotatable bonds is 8. The highest BCUT2D eigenvalue weighted by Gasteiger charge is 2.20. The average Bonchev–Trinajstić information content (AvgIpc) is 3.39. The second-order valence-electron chi connectivity index (χ2n) is 8.61. The number of hydrogen-bond donors (Lipinski definition) is 2. The van der Waals surface area contributed by atoms with Crippen molar-refractivity contribution >= 4 is 16.9 Å². The van der Waals surface area contributed by atoms with Crippen LogP contribution in [0.2, 0.25) is 0 Å². The van der Waals surface area contributed by atoms with Gasteiger partial charge in [-0.25, -0.2) is 4.79 Å². The Morgan fingerprint density at radius 2 is 1.68 bits per heavy atom. The van der Waals surface area contributed by atoms with Crippen molar-refractivity contribution in [3.05, 3.63) is 93.8 Å². The lowest BCUT2D eigenvalue weighted by Gasteiger charge is -2.23. The molecule has 190 valence electrons. The quantitative estimate of drug-likeness (QED) is 0.376. The molecule has 1 aromatic heterocycles. The zero-order valence-electron chi connectivity index (χ0n) is 20.6. The van der Waals surface area contributed by atoms with Gasteiger partial charge in [0.15, 0.2) is 23.0 Å². The van der Waals surface area contributed by atoms with Crippen LogP contribution in [0.4, 0.5) is 4.79 Å². The van der Waals surface area contributed by atoms with Gasteiger partial charge >= 0.3 is 6.03 Å². The van der Waals surface area contributed by atoms with Crippen LogP contribution in [0.15, 0.2) is 71.5 Å². The van der Waals surface area contributed by atoms with Crippen LogP contribution in [-0.4, -0.2) is 36.9 Å². The summed E-state index contributed by atoms with van der Waals surface area (Å²) >= 11 is 0. The Kier molecular flexibility index (Phi) is 6.85. The van der Waals surface area contributed by atoms with Crippen LogP contribution < -0.4 is 29.8 Å². The fourth-order valence-corrected chi connectivity index (χ4v) is 4.25. The molecule has 9 heteroatoms. The number of pyridine rings is 1. The molecule has 37 heavy (non-hydrogen) atoms. The summed E-state index contributed by atoms with van der Waals surface area (Å²) in [4.78, 5) is 30.8. The lowest BCUT2D eigenvalue weighted by Crippen LogP contribution is -2.39. The summed E-state index contributed by atoms with van der Waals surface area (Å²) in [6, 6.07) is 20.2. The zero-order valence-corrected chi connectivity index (χ0v) is 20.6. The van der Waals surface area contributed by atoms with Gasteiger partial charge in [-0.3, -0.25) is 4.79 Å². The first-order valence-corrected chi connectivity index (χ1v) is 11.8. The first-order chi connectivity index (χ1) is 18.0. The Balaban J connectivity index is 1.44. The van der Waals surface area contributed by atoms with Crippen LogP contribution in [-0.2, 0) is 19.6 Å². The molecule has 1 aliphatic rings. The molecule has 0 unspecified atom stereocenters. The third-order valence-electron chi connectivity index (χ3n) is 6.17. The van der Waals surface area contributed by atoms with E-state index in [1.165, 1.54) is 7.11 Å². The highest BCUT2D eigenvalue weighted by Crippen LogP contribution is 2.33. The molecule has 9 nitrogen and oxygen atoms in total. The van der Waals surface area contributed by atoms with Gasteiger partial charge in [0.2, 0.25) is 6.79 Å². The minimum atomic E-state index is -0.298. The monoisotopic (exact) mass is 501 g/mol. The summed E-state index contributed by atoms with van der Waals surface area (Å²) in [5.74, 6) is 2.36. The molecule has 0 aliphatic carbocycles. The molecule has 5 rings (SSSR count). The van der Waals surface area contributed by atoms with Gasteiger partial charge in [0.1, 0.15) is 0 Å². The summed E-state index contributed by atoms with van der Waals surface area (Å²) in [5, 5.41) is 3.73. The maximum absolute atomic E-state index is 13.3. The molecule has 3 aromatic carbocycles. The number of carbonyl (C=O) groups excluding carboxylic acids is 1. The number of hydrogen-bond acceptors (Lipinski definition) is 6. The predicted octanol–water partition coefficient (Wildman–Crippen LogP) is 4.19. The van der Waals surface area contributed by atoms with Gasteiger partial charge in [0.25, 0.3) is 5.56 Å². The third-order valence-corrected chi connectivity index (χ3v) is 6.17. The molecule has 2 amide bonds. The van der Waals surface area contributed by atoms with Gasteiger partial charge in [0, 0.05) is 30.1 Å². The second kappa shape index (κ2) is 10.5. The predicted molar refractivity (Wildman–Crippen MR) is 138 cm³/mol. The SMILES string of the molecule is COc1cc2cc(CN(Cc3ccc4c(c3)OCO4)C(=O)NCc3ccccc3)c(=O)[nH]c2cc1OC. The fraction of sp³-hybridized carbons (Fsp3) is 0.214. The Hall–Kier alpha value is -4.66. The summed E-state index contributed by atoms with van der Waals surface area (Å²) in [5.41, 5.74) is 2.59. The topological polar surface area (TPSA) is 102 Å². The molecule has 4 aromatic rings. The van der Waals surface area contributed by atoms with Crippen LogP contribution >= 0.6 is 0 Å². The smallest absolute Gasteiger partial charge is 0.318 e. The normalized spacial score (nSPS) is 11.8. The van der Waals surface area contributed by atoms with Crippen molar-refractivity contribution in [2.24, 2.45) is 0 Å². The minimum Gasteiger partial charge on any atom is -0.493 e. The average molecular weight is 502 g/mol. The largest absolute Gasteiger partial charge is 0.493 e. The first-order valence-electron chi connectivity index (χ1n) is 11.8. The van der Waals surface area contributed by atoms with Gasteiger partial charge < -0.3 is 34.1 Å².